The maximum absolute atomic E-state index is 11.0. The molecular formula is C14H19ClN2O2. The minimum atomic E-state index is -0.989. The lowest BCUT2D eigenvalue weighted by Gasteiger charge is -2.34. The molecule has 1 aromatic rings. The molecule has 0 atom stereocenters. The lowest BCUT2D eigenvalue weighted by Crippen LogP contribution is -2.30. The summed E-state index contributed by atoms with van der Waals surface area (Å²) in [4.78, 5) is 15.1. The summed E-state index contributed by atoms with van der Waals surface area (Å²) in [7, 11) is 0. The summed E-state index contributed by atoms with van der Waals surface area (Å²) in [5.41, 5.74) is 0.574. The highest BCUT2D eigenvalue weighted by atomic mass is 35.5. The van der Waals surface area contributed by atoms with Crippen molar-refractivity contribution in [3.05, 3.63) is 22.8 Å². The molecule has 5 heteroatoms. The number of aromatic carboxylic acids is 1. The zero-order chi connectivity index (χ0) is 14.0. The molecule has 4 nitrogen and oxygen atoms in total. The molecule has 0 spiro atoms. The van der Waals surface area contributed by atoms with Crippen LogP contribution in [0.25, 0.3) is 0 Å². The summed E-state index contributed by atoms with van der Waals surface area (Å²) < 4.78 is 0. The van der Waals surface area contributed by atoms with E-state index in [4.69, 9.17) is 16.7 Å². The van der Waals surface area contributed by atoms with Gasteiger partial charge >= 0.3 is 5.97 Å². The fraction of sp³-hybridized carbons (Fsp3) is 0.571. The molecule has 0 saturated heterocycles. The fourth-order valence-corrected chi connectivity index (χ4v) is 2.66. The zero-order valence-electron chi connectivity index (χ0n) is 11.2. The summed E-state index contributed by atoms with van der Waals surface area (Å²) in [6, 6.07) is 3.24. The molecule has 0 aliphatic heterocycles. The van der Waals surface area contributed by atoms with Gasteiger partial charge in [0.05, 0.1) is 5.56 Å². The highest BCUT2D eigenvalue weighted by Gasteiger charge is 2.26. The first kappa shape index (κ1) is 14.1. The number of anilines is 1. The first-order valence-electron chi connectivity index (χ1n) is 6.53. The van der Waals surface area contributed by atoms with Crippen LogP contribution in [-0.2, 0) is 0 Å². The molecular weight excluding hydrogens is 264 g/mol. The van der Waals surface area contributed by atoms with E-state index >= 15 is 0 Å². The summed E-state index contributed by atoms with van der Waals surface area (Å²) in [5, 5.41) is 12.5. The smallest absolute Gasteiger partial charge is 0.335 e. The molecule has 19 heavy (non-hydrogen) atoms. The van der Waals surface area contributed by atoms with Crippen LogP contribution in [0.5, 0.6) is 0 Å². The maximum atomic E-state index is 11.0. The van der Waals surface area contributed by atoms with Gasteiger partial charge < -0.3 is 10.4 Å². The predicted octanol–water partition coefficient (Wildman–Crippen LogP) is 3.81. The number of carbonyl (C=O) groups is 1. The van der Waals surface area contributed by atoms with Gasteiger partial charge in [0, 0.05) is 6.04 Å². The third-order valence-corrected chi connectivity index (χ3v) is 3.93. The van der Waals surface area contributed by atoms with Crippen molar-refractivity contribution in [1.29, 1.82) is 0 Å². The standard InChI is InChI=1S/C14H19ClN2O2/c1-14(2)5-3-10(4-6-14)16-12-8-9(13(18)19)7-11(15)17-12/h7-8,10H,3-6H2,1-2H3,(H,16,17)(H,18,19). The maximum Gasteiger partial charge on any atom is 0.335 e. The van der Waals surface area contributed by atoms with E-state index < -0.39 is 5.97 Å². The Morgan fingerprint density at radius 2 is 2.05 bits per heavy atom. The van der Waals surface area contributed by atoms with E-state index in [1.807, 2.05) is 0 Å². The molecule has 1 saturated carbocycles. The van der Waals surface area contributed by atoms with Crippen LogP contribution in [0.15, 0.2) is 12.1 Å². The Hall–Kier alpha value is -1.29. The van der Waals surface area contributed by atoms with Gasteiger partial charge in [-0.15, -0.1) is 0 Å². The molecule has 1 fully saturated rings. The van der Waals surface area contributed by atoms with Crippen molar-refractivity contribution in [2.45, 2.75) is 45.6 Å². The second-order valence-electron chi connectivity index (χ2n) is 5.95. The van der Waals surface area contributed by atoms with Crippen molar-refractivity contribution in [2.24, 2.45) is 5.41 Å². The van der Waals surface area contributed by atoms with E-state index in [9.17, 15) is 4.79 Å². The largest absolute Gasteiger partial charge is 0.478 e. The number of aromatic nitrogens is 1. The quantitative estimate of drug-likeness (QED) is 0.828. The van der Waals surface area contributed by atoms with Crippen molar-refractivity contribution in [3.63, 3.8) is 0 Å². The predicted molar refractivity (Wildman–Crippen MR) is 75.9 cm³/mol. The van der Waals surface area contributed by atoms with Crippen molar-refractivity contribution >= 4 is 23.4 Å². The van der Waals surface area contributed by atoms with Crippen LogP contribution in [0.4, 0.5) is 5.82 Å². The Balaban J connectivity index is 2.05. The van der Waals surface area contributed by atoms with E-state index in [1.165, 1.54) is 12.1 Å². The van der Waals surface area contributed by atoms with Crippen LogP contribution < -0.4 is 5.32 Å². The van der Waals surface area contributed by atoms with E-state index in [0.717, 1.165) is 25.7 Å². The van der Waals surface area contributed by atoms with Gasteiger partial charge in [-0.2, -0.15) is 0 Å². The Labute approximate surface area is 118 Å². The van der Waals surface area contributed by atoms with Crippen LogP contribution >= 0.6 is 11.6 Å². The zero-order valence-corrected chi connectivity index (χ0v) is 12.0. The average Bonchev–Trinajstić information content (AvgIpc) is 2.31. The highest BCUT2D eigenvalue weighted by Crippen LogP contribution is 2.36. The lowest BCUT2D eigenvalue weighted by atomic mass is 9.75. The number of carboxylic acid groups (broad SMARTS) is 1. The molecule has 2 N–H and O–H groups in total. The molecule has 0 radical (unpaired) electrons. The minimum absolute atomic E-state index is 0.165. The second kappa shape index (κ2) is 5.37. The Morgan fingerprint density at radius 3 is 2.63 bits per heavy atom. The minimum Gasteiger partial charge on any atom is -0.478 e. The number of nitrogens with zero attached hydrogens (tertiary/aromatic N) is 1. The highest BCUT2D eigenvalue weighted by molar-refractivity contribution is 6.29. The van der Waals surface area contributed by atoms with Gasteiger partial charge in [0.1, 0.15) is 11.0 Å². The fourth-order valence-electron chi connectivity index (χ4n) is 2.45. The van der Waals surface area contributed by atoms with Crippen molar-refractivity contribution < 1.29 is 9.90 Å². The SMILES string of the molecule is CC1(C)CCC(Nc2cc(C(=O)O)cc(Cl)n2)CC1. The normalized spacial score (nSPS) is 19.1. The number of pyridine rings is 1. The first-order valence-corrected chi connectivity index (χ1v) is 6.91. The van der Waals surface area contributed by atoms with Gasteiger partial charge in [-0.25, -0.2) is 9.78 Å². The molecule has 0 unspecified atom stereocenters. The number of rotatable bonds is 3. The van der Waals surface area contributed by atoms with Gasteiger partial charge in [0.25, 0.3) is 0 Å². The molecule has 1 aromatic heterocycles. The Bertz CT molecular complexity index is 478. The van der Waals surface area contributed by atoms with E-state index in [0.29, 0.717) is 17.3 Å². The van der Waals surface area contributed by atoms with E-state index in [2.05, 4.69) is 24.1 Å². The van der Waals surface area contributed by atoms with Gasteiger partial charge in [-0.05, 0) is 43.2 Å². The van der Waals surface area contributed by atoms with Gasteiger partial charge in [0.15, 0.2) is 0 Å². The van der Waals surface area contributed by atoms with Gasteiger partial charge in [0.2, 0.25) is 0 Å². The number of halogens is 1. The van der Waals surface area contributed by atoms with Gasteiger partial charge in [-0.1, -0.05) is 25.4 Å². The molecule has 104 valence electrons. The van der Waals surface area contributed by atoms with Crippen LogP contribution in [0.3, 0.4) is 0 Å². The van der Waals surface area contributed by atoms with Crippen molar-refractivity contribution in [2.75, 3.05) is 5.32 Å². The first-order chi connectivity index (χ1) is 8.85. The third-order valence-electron chi connectivity index (χ3n) is 3.73. The molecule has 0 amide bonds. The van der Waals surface area contributed by atoms with Crippen LogP contribution in [0.1, 0.15) is 49.9 Å². The molecule has 0 aromatic carbocycles. The number of carboxylic acids is 1. The van der Waals surface area contributed by atoms with Crippen molar-refractivity contribution in [3.8, 4) is 0 Å². The lowest BCUT2D eigenvalue weighted by molar-refractivity contribution is 0.0697. The summed E-state index contributed by atoms with van der Waals surface area (Å²) in [5.74, 6) is -0.438. The number of hydrogen-bond donors (Lipinski definition) is 2. The monoisotopic (exact) mass is 282 g/mol. The summed E-state index contributed by atoms with van der Waals surface area (Å²) >= 11 is 5.84. The Morgan fingerprint density at radius 1 is 1.42 bits per heavy atom. The average molecular weight is 283 g/mol. The summed E-state index contributed by atoms with van der Waals surface area (Å²) in [6.45, 7) is 4.56. The number of nitrogens with one attached hydrogen (secondary N) is 1. The van der Waals surface area contributed by atoms with Gasteiger partial charge in [-0.3, -0.25) is 0 Å². The van der Waals surface area contributed by atoms with Crippen molar-refractivity contribution in [1.82, 2.24) is 4.98 Å². The molecule has 1 aliphatic carbocycles. The summed E-state index contributed by atoms with van der Waals surface area (Å²) in [6.07, 6.45) is 4.47. The van der Waals surface area contributed by atoms with Crippen LogP contribution in [0, 0.1) is 5.41 Å². The Kier molecular flexibility index (Phi) is 3.99. The third kappa shape index (κ3) is 3.83. The number of hydrogen-bond acceptors (Lipinski definition) is 3. The topological polar surface area (TPSA) is 62.2 Å². The van der Waals surface area contributed by atoms with Crippen LogP contribution in [0.2, 0.25) is 5.15 Å². The van der Waals surface area contributed by atoms with E-state index in [1.54, 1.807) is 0 Å². The molecule has 1 heterocycles. The van der Waals surface area contributed by atoms with Crippen LogP contribution in [-0.4, -0.2) is 22.1 Å². The molecule has 0 bridgehead atoms. The second-order valence-corrected chi connectivity index (χ2v) is 6.34. The molecule has 1 aliphatic rings. The molecule has 2 rings (SSSR count). The van der Waals surface area contributed by atoms with E-state index in [-0.39, 0.29) is 10.7 Å².